The smallest absolute Gasteiger partial charge is 0.285 e. The van der Waals surface area contributed by atoms with Crippen molar-refractivity contribution in [3.63, 3.8) is 0 Å². The van der Waals surface area contributed by atoms with Gasteiger partial charge in [0.1, 0.15) is 0 Å². The van der Waals surface area contributed by atoms with Crippen molar-refractivity contribution >= 4 is 0 Å². The maximum Gasteiger partial charge on any atom is 0.285 e. The van der Waals surface area contributed by atoms with Gasteiger partial charge >= 0.3 is 0 Å². The first-order chi connectivity index (χ1) is 13.6. The summed E-state index contributed by atoms with van der Waals surface area (Å²) >= 11 is 0. The molecule has 0 bridgehead atoms. The van der Waals surface area contributed by atoms with Crippen molar-refractivity contribution in [2.75, 3.05) is 26.4 Å². The molecule has 168 valence electrons. The Bertz CT molecular complexity index is 339. The van der Waals surface area contributed by atoms with Crippen LogP contribution in [0.15, 0.2) is 12.3 Å². The second-order valence-corrected chi connectivity index (χ2v) is 7.63. The molecular formula is C24H48O4. The van der Waals surface area contributed by atoms with Crippen molar-refractivity contribution in [1.82, 2.24) is 0 Å². The molecule has 0 N–H and O–H groups in total. The molecule has 0 saturated heterocycles. The highest BCUT2D eigenvalue weighted by Crippen LogP contribution is 2.36. The van der Waals surface area contributed by atoms with E-state index < -0.39 is 5.97 Å². The second-order valence-electron chi connectivity index (χ2n) is 7.63. The molecule has 0 aliphatic rings. The fraction of sp³-hybridized carbons (Fsp3) is 0.917. The molecule has 0 aliphatic heterocycles. The van der Waals surface area contributed by atoms with Crippen molar-refractivity contribution in [3.05, 3.63) is 12.3 Å². The lowest BCUT2D eigenvalue weighted by atomic mass is 9.86. The average Bonchev–Trinajstić information content (AvgIpc) is 2.67. The van der Waals surface area contributed by atoms with Gasteiger partial charge in [-0.3, -0.25) is 0 Å². The van der Waals surface area contributed by atoms with Crippen molar-refractivity contribution in [3.8, 4) is 0 Å². The molecule has 4 heteroatoms. The second kappa shape index (κ2) is 18.4. The van der Waals surface area contributed by atoms with Crippen LogP contribution in [-0.4, -0.2) is 32.4 Å². The Hall–Kier alpha value is -0.580. The van der Waals surface area contributed by atoms with Crippen LogP contribution in [0, 0.1) is 11.8 Å². The Balaban J connectivity index is 4.98. The van der Waals surface area contributed by atoms with E-state index in [4.69, 9.17) is 18.9 Å². The number of hydrogen-bond donors (Lipinski definition) is 0. The van der Waals surface area contributed by atoms with Gasteiger partial charge in [-0.25, -0.2) is 0 Å². The monoisotopic (exact) mass is 400 g/mol. The van der Waals surface area contributed by atoms with Crippen molar-refractivity contribution < 1.29 is 18.9 Å². The molecule has 0 aromatic heterocycles. The summed E-state index contributed by atoms with van der Waals surface area (Å²) in [7, 11) is 0. The first-order valence-electron chi connectivity index (χ1n) is 11.7. The zero-order valence-corrected chi connectivity index (χ0v) is 19.6. The average molecular weight is 401 g/mol. The molecule has 0 aromatic carbocycles. The normalized spacial score (nSPS) is 14.5. The molecule has 0 amide bonds. The number of unbranched alkanes of at least 4 members (excludes halogenated alkanes) is 4. The van der Waals surface area contributed by atoms with Crippen LogP contribution in [0.4, 0.5) is 0 Å². The largest absolute Gasteiger partial charge is 0.502 e. The summed E-state index contributed by atoms with van der Waals surface area (Å²) in [5.74, 6) is -0.0442. The summed E-state index contributed by atoms with van der Waals surface area (Å²) in [4.78, 5) is 0. The molecule has 28 heavy (non-hydrogen) atoms. The van der Waals surface area contributed by atoms with Crippen LogP contribution in [0.2, 0.25) is 0 Å². The van der Waals surface area contributed by atoms with Crippen LogP contribution in [-0.2, 0) is 18.9 Å². The minimum atomic E-state index is -0.917. The summed E-state index contributed by atoms with van der Waals surface area (Å²) in [6.45, 7) is 15.2. The minimum Gasteiger partial charge on any atom is -0.502 e. The molecule has 0 aliphatic carbocycles. The first kappa shape index (κ1) is 27.4. The lowest BCUT2D eigenvalue weighted by molar-refractivity contribution is -0.404. The molecular weight excluding hydrogens is 352 g/mol. The van der Waals surface area contributed by atoms with Gasteiger partial charge in [0.2, 0.25) is 0 Å². The third kappa shape index (κ3) is 12.1. The van der Waals surface area contributed by atoms with Gasteiger partial charge in [0.05, 0.1) is 12.9 Å². The van der Waals surface area contributed by atoms with Gasteiger partial charge in [-0.2, -0.15) is 0 Å². The van der Waals surface area contributed by atoms with Gasteiger partial charge in [-0.15, -0.1) is 0 Å². The van der Waals surface area contributed by atoms with Gasteiger partial charge in [0, 0.05) is 25.7 Å². The Labute approximate surface area is 175 Å². The van der Waals surface area contributed by atoms with Gasteiger partial charge in [0.15, 0.2) is 0 Å². The third-order valence-electron chi connectivity index (χ3n) is 5.07. The quantitative estimate of drug-likeness (QED) is 0.124. The van der Waals surface area contributed by atoms with E-state index in [1.807, 2.05) is 33.8 Å². The number of ether oxygens (including phenoxy) is 4. The van der Waals surface area contributed by atoms with E-state index in [-0.39, 0.29) is 5.92 Å². The molecule has 0 fully saturated rings. The van der Waals surface area contributed by atoms with E-state index >= 15 is 0 Å². The molecule has 2 unspecified atom stereocenters. The summed E-state index contributed by atoms with van der Waals surface area (Å²) in [6.07, 6.45) is 14.4. The summed E-state index contributed by atoms with van der Waals surface area (Å²) in [5.41, 5.74) is 0. The number of hydrogen-bond acceptors (Lipinski definition) is 4. The van der Waals surface area contributed by atoms with Gasteiger partial charge in [0.25, 0.3) is 5.97 Å². The summed E-state index contributed by atoms with van der Waals surface area (Å²) in [6, 6.07) is 0. The molecule has 0 spiro atoms. The van der Waals surface area contributed by atoms with Crippen LogP contribution in [0.5, 0.6) is 0 Å². The maximum absolute atomic E-state index is 6.13. The molecule has 2 atom stereocenters. The minimum absolute atomic E-state index is 0.232. The van der Waals surface area contributed by atoms with Gasteiger partial charge in [-0.05, 0) is 59.3 Å². The van der Waals surface area contributed by atoms with Crippen LogP contribution in [0.25, 0.3) is 0 Å². The lowest BCUT2D eigenvalue weighted by Gasteiger charge is -2.40. The zero-order chi connectivity index (χ0) is 21.1. The van der Waals surface area contributed by atoms with E-state index in [2.05, 4.69) is 13.8 Å². The third-order valence-corrected chi connectivity index (χ3v) is 5.07. The van der Waals surface area contributed by atoms with E-state index in [1.165, 1.54) is 32.1 Å². The lowest BCUT2D eigenvalue weighted by Crippen LogP contribution is -2.47. The fourth-order valence-corrected chi connectivity index (χ4v) is 3.78. The number of rotatable bonds is 20. The molecule has 0 rings (SSSR count). The topological polar surface area (TPSA) is 36.9 Å². The molecule has 0 saturated carbocycles. The van der Waals surface area contributed by atoms with Crippen molar-refractivity contribution in [2.24, 2.45) is 11.8 Å². The summed E-state index contributed by atoms with van der Waals surface area (Å²) < 4.78 is 23.9. The first-order valence-corrected chi connectivity index (χ1v) is 11.7. The highest BCUT2D eigenvalue weighted by Gasteiger charge is 2.42. The van der Waals surface area contributed by atoms with Crippen LogP contribution in [0.1, 0.15) is 99.3 Å². The van der Waals surface area contributed by atoms with Gasteiger partial charge < -0.3 is 18.9 Å². The maximum atomic E-state index is 6.13. The van der Waals surface area contributed by atoms with Crippen molar-refractivity contribution in [1.29, 1.82) is 0 Å². The Morgan fingerprint density at radius 2 is 1.39 bits per heavy atom. The van der Waals surface area contributed by atoms with Crippen molar-refractivity contribution in [2.45, 2.75) is 105 Å². The SMILES string of the molecule is CC=COCCCCC(CC(C)CCCCCC)C(OCC)(OCC)OCC. The van der Waals surface area contributed by atoms with E-state index in [0.29, 0.717) is 25.7 Å². The fourth-order valence-electron chi connectivity index (χ4n) is 3.78. The molecule has 0 aromatic rings. The Kier molecular flexibility index (Phi) is 18.1. The standard InChI is InChI=1S/C24H48O4/c1-7-12-13-14-17-22(6)21-23(18-15-16-20-25-19-8-2)24(26-9-3,27-10-4)28-11-5/h8,19,22-23H,7,9-18,20-21H2,1-6H3. The molecule has 0 radical (unpaired) electrons. The van der Waals surface area contributed by atoms with Gasteiger partial charge in [-0.1, -0.05) is 52.0 Å². The van der Waals surface area contributed by atoms with Crippen LogP contribution in [0.3, 0.4) is 0 Å². The Morgan fingerprint density at radius 1 is 0.786 bits per heavy atom. The van der Waals surface area contributed by atoms with Crippen LogP contribution >= 0.6 is 0 Å². The number of allylic oxidation sites excluding steroid dienone is 1. The predicted octanol–water partition coefficient (Wildman–Crippen LogP) is 7.08. The van der Waals surface area contributed by atoms with E-state index in [0.717, 1.165) is 32.3 Å². The molecule has 4 nitrogen and oxygen atoms in total. The highest BCUT2D eigenvalue weighted by molar-refractivity contribution is 4.75. The van der Waals surface area contributed by atoms with E-state index in [9.17, 15) is 0 Å². The summed E-state index contributed by atoms with van der Waals surface area (Å²) in [5, 5.41) is 0. The van der Waals surface area contributed by atoms with E-state index in [1.54, 1.807) is 6.26 Å². The predicted molar refractivity (Wildman–Crippen MR) is 118 cm³/mol. The molecule has 0 heterocycles. The Morgan fingerprint density at radius 3 is 1.93 bits per heavy atom. The zero-order valence-electron chi connectivity index (χ0n) is 19.6. The highest BCUT2D eigenvalue weighted by atomic mass is 16.9. The van der Waals surface area contributed by atoms with Crippen LogP contribution < -0.4 is 0 Å².